The summed E-state index contributed by atoms with van der Waals surface area (Å²) in [5.41, 5.74) is 3.16. The molecule has 0 saturated heterocycles. The van der Waals surface area contributed by atoms with Gasteiger partial charge < -0.3 is 15.0 Å². The van der Waals surface area contributed by atoms with Crippen LogP contribution in [0.3, 0.4) is 0 Å². The zero-order valence-corrected chi connectivity index (χ0v) is 12.9. The first-order valence-corrected chi connectivity index (χ1v) is 7.30. The van der Waals surface area contributed by atoms with Gasteiger partial charge in [-0.15, -0.1) is 0 Å². The van der Waals surface area contributed by atoms with Crippen molar-refractivity contribution in [3.63, 3.8) is 0 Å². The van der Waals surface area contributed by atoms with Crippen molar-refractivity contribution in [2.75, 3.05) is 12.4 Å². The molecule has 0 aliphatic heterocycles. The van der Waals surface area contributed by atoms with E-state index < -0.39 is 0 Å². The summed E-state index contributed by atoms with van der Waals surface area (Å²) in [7, 11) is 1.66. The van der Waals surface area contributed by atoms with Gasteiger partial charge in [-0.2, -0.15) is 0 Å². The van der Waals surface area contributed by atoms with Crippen molar-refractivity contribution in [1.29, 1.82) is 0 Å². The van der Waals surface area contributed by atoms with E-state index in [2.05, 4.69) is 15.3 Å². The maximum absolute atomic E-state index is 5.90. The van der Waals surface area contributed by atoms with Gasteiger partial charge in [-0.1, -0.05) is 35.9 Å². The number of anilines is 1. The normalized spacial score (nSPS) is 10.5. The summed E-state index contributed by atoms with van der Waals surface area (Å²) in [4.78, 5) is 7.59. The van der Waals surface area contributed by atoms with Crippen molar-refractivity contribution in [1.82, 2.24) is 9.97 Å². The van der Waals surface area contributed by atoms with Crippen molar-refractivity contribution < 1.29 is 4.74 Å². The molecular weight excluding hydrogens is 298 g/mol. The van der Waals surface area contributed by atoms with Gasteiger partial charge in [0.05, 0.1) is 19.0 Å². The van der Waals surface area contributed by atoms with Gasteiger partial charge in [0.1, 0.15) is 5.75 Å². The van der Waals surface area contributed by atoms with Crippen LogP contribution in [0.2, 0.25) is 5.02 Å². The summed E-state index contributed by atoms with van der Waals surface area (Å²) in [6, 6.07) is 15.6. The molecule has 0 aliphatic carbocycles. The molecule has 3 rings (SSSR count). The van der Waals surface area contributed by atoms with Gasteiger partial charge in [0, 0.05) is 11.6 Å². The van der Waals surface area contributed by atoms with E-state index in [9.17, 15) is 0 Å². The molecule has 0 aliphatic rings. The van der Waals surface area contributed by atoms with Crippen molar-refractivity contribution in [2.24, 2.45) is 0 Å². The van der Waals surface area contributed by atoms with Crippen LogP contribution >= 0.6 is 11.6 Å². The lowest BCUT2D eigenvalue weighted by atomic mass is 10.2. The molecular formula is C17H16ClN3O. The molecule has 0 spiro atoms. The fraction of sp³-hybridized carbons (Fsp3) is 0.118. The summed E-state index contributed by atoms with van der Waals surface area (Å²) in [5.74, 6) is 1.59. The Morgan fingerprint density at radius 1 is 1.09 bits per heavy atom. The van der Waals surface area contributed by atoms with Crippen molar-refractivity contribution >= 4 is 17.5 Å². The van der Waals surface area contributed by atoms with Crippen molar-refractivity contribution in [2.45, 2.75) is 6.54 Å². The Balaban J connectivity index is 1.65. The SMILES string of the molecule is COc1ccc(CNc2ncc(-c3ccc(Cl)cc3)[nH]2)cc1. The predicted octanol–water partition coefficient (Wildman–Crippen LogP) is 4.35. The third kappa shape index (κ3) is 3.40. The quantitative estimate of drug-likeness (QED) is 0.736. The Labute approximate surface area is 134 Å². The van der Waals surface area contributed by atoms with Crippen LogP contribution in [0.15, 0.2) is 54.7 Å². The highest BCUT2D eigenvalue weighted by atomic mass is 35.5. The van der Waals surface area contributed by atoms with Crippen LogP contribution in [0.25, 0.3) is 11.3 Å². The number of benzene rings is 2. The molecule has 0 fully saturated rings. The van der Waals surface area contributed by atoms with E-state index in [0.29, 0.717) is 6.54 Å². The van der Waals surface area contributed by atoms with Gasteiger partial charge in [0.15, 0.2) is 0 Å². The summed E-state index contributed by atoms with van der Waals surface area (Å²) >= 11 is 5.90. The minimum absolute atomic E-state index is 0.692. The van der Waals surface area contributed by atoms with Crippen LogP contribution in [-0.4, -0.2) is 17.1 Å². The topological polar surface area (TPSA) is 49.9 Å². The zero-order valence-electron chi connectivity index (χ0n) is 12.1. The van der Waals surface area contributed by atoms with Gasteiger partial charge in [-0.05, 0) is 35.4 Å². The molecule has 5 heteroatoms. The Kier molecular flexibility index (Phi) is 4.30. The maximum atomic E-state index is 5.90. The second kappa shape index (κ2) is 6.54. The number of rotatable bonds is 5. The minimum atomic E-state index is 0.692. The number of H-pyrrole nitrogens is 1. The van der Waals surface area contributed by atoms with Crippen LogP contribution in [0.4, 0.5) is 5.95 Å². The Morgan fingerprint density at radius 2 is 1.82 bits per heavy atom. The summed E-state index contributed by atoms with van der Waals surface area (Å²) in [6.45, 7) is 0.692. The van der Waals surface area contributed by atoms with E-state index in [0.717, 1.165) is 33.5 Å². The largest absolute Gasteiger partial charge is 0.497 e. The minimum Gasteiger partial charge on any atom is -0.497 e. The molecule has 0 radical (unpaired) electrons. The lowest BCUT2D eigenvalue weighted by Crippen LogP contribution is -2.00. The standard InChI is InChI=1S/C17H16ClN3O/c1-22-15-8-2-12(3-9-15)10-19-17-20-11-16(21-17)13-4-6-14(18)7-5-13/h2-9,11H,10H2,1H3,(H2,19,20,21). The number of aromatic amines is 1. The molecule has 22 heavy (non-hydrogen) atoms. The third-order valence-corrected chi connectivity index (χ3v) is 3.60. The lowest BCUT2D eigenvalue weighted by molar-refractivity contribution is 0.414. The van der Waals surface area contributed by atoms with Crippen LogP contribution in [-0.2, 0) is 6.54 Å². The second-order valence-corrected chi connectivity index (χ2v) is 5.29. The number of nitrogens with zero attached hydrogens (tertiary/aromatic N) is 1. The van der Waals surface area contributed by atoms with E-state index in [1.165, 1.54) is 0 Å². The highest BCUT2D eigenvalue weighted by Gasteiger charge is 2.03. The van der Waals surface area contributed by atoms with Gasteiger partial charge in [0.25, 0.3) is 0 Å². The number of ether oxygens (including phenoxy) is 1. The first kappa shape index (κ1) is 14.5. The van der Waals surface area contributed by atoms with Gasteiger partial charge in [0.2, 0.25) is 5.95 Å². The van der Waals surface area contributed by atoms with E-state index in [-0.39, 0.29) is 0 Å². The maximum Gasteiger partial charge on any atom is 0.200 e. The Bertz CT molecular complexity index is 735. The number of imidazole rings is 1. The first-order chi connectivity index (χ1) is 10.7. The second-order valence-electron chi connectivity index (χ2n) is 4.85. The molecule has 4 nitrogen and oxygen atoms in total. The summed E-state index contributed by atoms with van der Waals surface area (Å²) in [6.07, 6.45) is 1.81. The Morgan fingerprint density at radius 3 is 2.50 bits per heavy atom. The van der Waals surface area contributed by atoms with E-state index in [1.807, 2.05) is 48.5 Å². The molecule has 0 bridgehead atoms. The molecule has 1 heterocycles. The highest BCUT2D eigenvalue weighted by Crippen LogP contribution is 2.21. The third-order valence-electron chi connectivity index (χ3n) is 3.35. The summed E-state index contributed by atoms with van der Waals surface area (Å²) in [5, 5.41) is 3.99. The fourth-order valence-corrected chi connectivity index (χ4v) is 2.24. The number of hydrogen-bond donors (Lipinski definition) is 2. The molecule has 0 amide bonds. The number of nitrogens with one attached hydrogen (secondary N) is 2. The van der Waals surface area contributed by atoms with E-state index >= 15 is 0 Å². The average Bonchev–Trinajstić information content (AvgIpc) is 3.03. The number of methoxy groups -OCH3 is 1. The van der Waals surface area contributed by atoms with Gasteiger partial charge >= 0.3 is 0 Å². The first-order valence-electron chi connectivity index (χ1n) is 6.92. The molecule has 2 N–H and O–H groups in total. The molecule has 1 aromatic heterocycles. The van der Waals surface area contributed by atoms with Crippen molar-refractivity contribution in [3.8, 4) is 17.0 Å². The summed E-state index contributed by atoms with van der Waals surface area (Å²) < 4.78 is 5.14. The Hall–Kier alpha value is -2.46. The fourth-order valence-electron chi connectivity index (χ4n) is 2.12. The molecule has 2 aromatic carbocycles. The van der Waals surface area contributed by atoms with Gasteiger partial charge in [-0.3, -0.25) is 0 Å². The van der Waals surface area contributed by atoms with Crippen LogP contribution < -0.4 is 10.1 Å². The molecule has 112 valence electrons. The monoisotopic (exact) mass is 313 g/mol. The molecule has 0 saturated carbocycles. The van der Waals surface area contributed by atoms with Gasteiger partial charge in [-0.25, -0.2) is 4.98 Å². The van der Waals surface area contributed by atoms with Crippen LogP contribution in [0.1, 0.15) is 5.56 Å². The molecule has 0 atom stereocenters. The van der Waals surface area contributed by atoms with Crippen LogP contribution in [0.5, 0.6) is 5.75 Å². The lowest BCUT2D eigenvalue weighted by Gasteiger charge is -2.05. The average molecular weight is 314 g/mol. The number of hydrogen-bond acceptors (Lipinski definition) is 3. The van der Waals surface area contributed by atoms with E-state index in [1.54, 1.807) is 13.3 Å². The van der Waals surface area contributed by atoms with E-state index in [4.69, 9.17) is 16.3 Å². The zero-order chi connectivity index (χ0) is 15.4. The number of aromatic nitrogens is 2. The number of halogens is 1. The van der Waals surface area contributed by atoms with Crippen molar-refractivity contribution in [3.05, 3.63) is 65.3 Å². The predicted molar refractivity (Wildman–Crippen MR) is 89.4 cm³/mol. The molecule has 0 unspecified atom stereocenters. The highest BCUT2D eigenvalue weighted by molar-refractivity contribution is 6.30. The smallest absolute Gasteiger partial charge is 0.200 e. The van der Waals surface area contributed by atoms with Crippen LogP contribution in [0, 0.1) is 0 Å². The molecule has 3 aromatic rings.